The summed E-state index contributed by atoms with van der Waals surface area (Å²) in [6, 6.07) is 102. The Hall–Kier alpha value is -9.50. The van der Waals surface area contributed by atoms with Crippen molar-refractivity contribution < 1.29 is 0 Å². The average Bonchev–Trinajstić information content (AvgIpc) is 3.78. The first-order valence-corrected chi connectivity index (χ1v) is 24.8. The van der Waals surface area contributed by atoms with Crippen LogP contribution >= 0.6 is 0 Å². The van der Waals surface area contributed by atoms with Gasteiger partial charge < -0.3 is 9.47 Å². The molecule has 0 unspecified atom stereocenters. The molecular weight excluding hydrogens is 869 g/mol. The van der Waals surface area contributed by atoms with Crippen LogP contribution in [-0.2, 0) is 0 Å². The highest BCUT2D eigenvalue weighted by Gasteiger charge is 2.22. The van der Waals surface area contributed by atoms with Crippen molar-refractivity contribution in [3.8, 4) is 50.2 Å². The van der Waals surface area contributed by atoms with Gasteiger partial charge in [-0.25, -0.2) is 0 Å². The minimum absolute atomic E-state index is 1.08. The van der Waals surface area contributed by atoms with Crippen LogP contribution in [0.15, 0.2) is 279 Å². The van der Waals surface area contributed by atoms with Gasteiger partial charge in [-0.2, -0.15) is 0 Å². The average molecular weight is 915 g/mol. The minimum atomic E-state index is 1.08. The first-order chi connectivity index (χ1) is 35.7. The summed E-state index contributed by atoms with van der Waals surface area (Å²) in [6.45, 7) is 0. The molecule has 0 saturated heterocycles. The Kier molecular flexibility index (Phi) is 9.89. The van der Waals surface area contributed by atoms with Crippen LogP contribution in [0, 0.1) is 0 Å². The van der Waals surface area contributed by atoms with Crippen LogP contribution < -0.4 is 4.90 Å². The molecule has 0 aliphatic rings. The van der Waals surface area contributed by atoms with Gasteiger partial charge in [-0.3, -0.25) is 0 Å². The molecule has 14 rings (SSSR count). The number of hydrogen-bond donors (Lipinski definition) is 0. The molecule has 336 valence electrons. The van der Waals surface area contributed by atoms with Crippen molar-refractivity contribution in [3.05, 3.63) is 279 Å². The van der Waals surface area contributed by atoms with Gasteiger partial charge in [-0.05, 0) is 148 Å². The highest BCUT2D eigenvalue weighted by molar-refractivity contribution is 6.23. The normalized spacial score (nSPS) is 11.6. The van der Waals surface area contributed by atoms with E-state index in [9.17, 15) is 0 Å². The maximum absolute atomic E-state index is 2.41. The Morgan fingerprint density at radius 2 is 0.667 bits per heavy atom. The summed E-state index contributed by atoms with van der Waals surface area (Å²) in [4.78, 5) is 2.41. The molecule has 0 saturated carbocycles. The van der Waals surface area contributed by atoms with Gasteiger partial charge in [0.2, 0.25) is 0 Å². The quantitative estimate of drug-likeness (QED) is 0.138. The minimum Gasteiger partial charge on any atom is -0.310 e. The van der Waals surface area contributed by atoms with E-state index >= 15 is 0 Å². The topological polar surface area (TPSA) is 8.17 Å². The summed E-state index contributed by atoms with van der Waals surface area (Å²) in [5.41, 5.74) is 16.6. The second-order valence-corrected chi connectivity index (χ2v) is 18.8. The summed E-state index contributed by atoms with van der Waals surface area (Å²) in [7, 11) is 0. The Morgan fingerprint density at radius 1 is 0.236 bits per heavy atom. The summed E-state index contributed by atoms with van der Waals surface area (Å²) < 4.78 is 2.38. The molecule has 1 aromatic heterocycles. The molecule has 0 bridgehead atoms. The number of nitrogens with zero attached hydrogens (tertiary/aromatic N) is 2. The lowest BCUT2D eigenvalue weighted by atomic mass is 9.83. The van der Waals surface area contributed by atoms with Crippen LogP contribution in [0.3, 0.4) is 0 Å². The summed E-state index contributed by atoms with van der Waals surface area (Å²) in [6.07, 6.45) is 0. The van der Waals surface area contributed by atoms with Gasteiger partial charge >= 0.3 is 0 Å². The maximum Gasteiger partial charge on any atom is 0.0542 e. The van der Waals surface area contributed by atoms with Gasteiger partial charge in [-0.1, -0.05) is 218 Å². The van der Waals surface area contributed by atoms with Crippen LogP contribution in [-0.4, -0.2) is 4.57 Å². The largest absolute Gasteiger partial charge is 0.310 e. The SMILES string of the molecule is c1ccc(-n2c3ccccc3c3cc(N(c4ccc(-c5cccc6ccccc56)cc4)c4ccc(-c5c6ccccc6c(-c6ccccc6-c6cccc7ccccc67)c6ccccc56)cc4)ccc32)cc1. The van der Waals surface area contributed by atoms with Gasteiger partial charge in [0.15, 0.2) is 0 Å². The number of rotatable bonds is 8. The molecule has 0 spiro atoms. The monoisotopic (exact) mass is 914 g/mol. The van der Waals surface area contributed by atoms with Crippen molar-refractivity contribution in [3.63, 3.8) is 0 Å². The Balaban J connectivity index is 0.935. The number of anilines is 3. The van der Waals surface area contributed by atoms with Crippen molar-refractivity contribution in [1.29, 1.82) is 0 Å². The Bertz CT molecular complexity index is 4310. The van der Waals surface area contributed by atoms with Crippen LogP contribution in [0.1, 0.15) is 0 Å². The first-order valence-electron chi connectivity index (χ1n) is 24.8. The Morgan fingerprint density at radius 3 is 1.31 bits per heavy atom. The van der Waals surface area contributed by atoms with Crippen LogP contribution in [0.5, 0.6) is 0 Å². The smallest absolute Gasteiger partial charge is 0.0542 e. The predicted molar refractivity (Wildman–Crippen MR) is 307 cm³/mol. The van der Waals surface area contributed by atoms with E-state index in [1.165, 1.54) is 109 Å². The zero-order chi connectivity index (χ0) is 47.5. The highest BCUT2D eigenvalue weighted by atomic mass is 15.1. The van der Waals surface area contributed by atoms with Crippen LogP contribution in [0.25, 0.3) is 115 Å². The predicted octanol–water partition coefficient (Wildman–Crippen LogP) is 19.5. The number of benzene rings is 13. The second-order valence-electron chi connectivity index (χ2n) is 18.8. The zero-order valence-electron chi connectivity index (χ0n) is 39.5. The van der Waals surface area contributed by atoms with E-state index in [0.717, 1.165) is 22.7 Å². The molecule has 0 N–H and O–H groups in total. The molecule has 1 heterocycles. The number of hydrogen-bond acceptors (Lipinski definition) is 1. The third kappa shape index (κ3) is 6.80. The van der Waals surface area contributed by atoms with Crippen molar-refractivity contribution in [2.45, 2.75) is 0 Å². The van der Waals surface area contributed by atoms with Gasteiger partial charge in [0, 0.05) is 33.5 Å². The zero-order valence-corrected chi connectivity index (χ0v) is 39.5. The van der Waals surface area contributed by atoms with Crippen molar-refractivity contribution in [2.24, 2.45) is 0 Å². The third-order valence-corrected chi connectivity index (χ3v) is 14.8. The molecule has 13 aromatic carbocycles. The molecule has 0 fully saturated rings. The number of fused-ring (bicyclic) bond motifs is 7. The molecule has 14 aromatic rings. The fraction of sp³-hybridized carbons (Fsp3) is 0. The van der Waals surface area contributed by atoms with Crippen molar-refractivity contribution in [2.75, 3.05) is 4.90 Å². The van der Waals surface area contributed by atoms with E-state index in [0.29, 0.717) is 0 Å². The van der Waals surface area contributed by atoms with Gasteiger partial charge in [-0.15, -0.1) is 0 Å². The van der Waals surface area contributed by atoms with E-state index in [4.69, 9.17) is 0 Å². The fourth-order valence-electron chi connectivity index (χ4n) is 11.6. The molecule has 0 aliphatic carbocycles. The van der Waals surface area contributed by atoms with Gasteiger partial charge in [0.25, 0.3) is 0 Å². The molecule has 72 heavy (non-hydrogen) atoms. The second kappa shape index (κ2) is 17.2. The first kappa shape index (κ1) is 41.5. The van der Waals surface area contributed by atoms with Crippen LogP contribution in [0.2, 0.25) is 0 Å². The fourth-order valence-corrected chi connectivity index (χ4v) is 11.6. The third-order valence-electron chi connectivity index (χ3n) is 14.8. The molecule has 0 atom stereocenters. The summed E-state index contributed by atoms with van der Waals surface area (Å²) in [5, 5.41) is 12.4. The lowest BCUT2D eigenvalue weighted by molar-refractivity contribution is 1.18. The number of aromatic nitrogens is 1. The summed E-state index contributed by atoms with van der Waals surface area (Å²) >= 11 is 0. The maximum atomic E-state index is 2.41. The van der Waals surface area contributed by atoms with E-state index < -0.39 is 0 Å². The van der Waals surface area contributed by atoms with E-state index in [1.54, 1.807) is 0 Å². The molecular formula is C70H46N2. The summed E-state index contributed by atoms with van der Waals surface area (Å²) in [5.74, 6) is 0. The van der Waals surface area contributed by atoms with E-state index in [1.807, 2.05) is 0 Å². The standard InChI is InChI=1S/C70H46N2/c1-2-22-51(23-3-1)72-67-35-15-14-27-60(67)66-46-54(44-45-68(66)72)71(52-40-36-49(37-41-52)56-33-16-20-47-18-4-6-24-55(47)56)53-42-38-50(39-43-53)69-62-29-10-12-31-64(62)70(65-32-13-11-30-63(65)69)61-28-9-8-26-59(61)58-34-17-21-48-19-5-7-25-57(48)58/h1-46H. The lowest BCUT2D eigenvalue weighted by Gasteiger charge is -2.26. The lowest BCUT2D eigenvalue weighted by Crippen LogP contribution is -2.10. The molecule has 2 heteroatoms. The molecule has 0 radical (unpaired) electrons. The highest BCUT2D eigenvalue weighted by Crippen LogP contribution is 2.48. The molecule has 0 aliphatic heterocycles. The van der Waals surface area contributed by atoms with E-state index in [2.05, 4.69) is 289 Å². The van der Waals surface area contributed by atoms with Gasteiger partial charge in [0.1, 0.15) is 0 Å². The Labute approximate surface area is 418 Å². The van der Waals surface area contributed by atoms with Gasteiger partial charge in [0.05, 0.1) is 11.0 Å². The molecule has 0 amide bonds. The van der Waals surface area contributed by atoms with Crippen LogP contribution in [0.4, 0.5) is 17.1 Å². The number of para-hydroxylation sites is 2. The van der Waals surface area contributed by atoms with E-state index in [-0.39, 0.29) is 0 Å². The molecule has 2 nitrogen and oxygen atoms in total. The van der Waals surface area contributed by atoms with Crippen molar-refractivity contribution >= 4 is 82.0 Å². The van der Waals surface area contributed by atoms with Crippen molar-refractivity contribution in [1.82, 2.24) is 4.57 Å².